The predicted molar refractivity (Wildman–Crippen MR) is 71.7 cm³/mol. The summed E-state index contributed by atoms with van der Waals surface area (Å²) in [6.07, 6.45) is -0.611. The van der Waals surface area contributed by atoms with Crippen molar-refractivity contribution < 1.29 is 14.6 Å². The van der Waals surface area contributed by atoms with Crippen molar-refractivity contribution in [3.05, 3.63) is 0 Å². The summed E-state index contributed by atoms with van der Waals surface area (Å²) in [6.45, 7) is 3.25. The van der Waals surface area contributed by atoms with E-state index in [2.05, 4.69) is 20.3 Å². The van der Waals surface area contributed by atoms with Crippen LogP contribution in [0.1, 0.15) is 6.92 Å². The first kappa shape index (κ1) is 15.4. The van der Waals surface area contributed by atoms with E-state index in [1.165, 1.54) is 7.11 Å². The topological polar surface area (TPSA) is 92.6 Å². The maximum Gasteiger partial charge on any atom is 0.322 e. The van der Waals surface area contributed by atoms with E-state index >= 15 is 0 Å². The van der Waals surface area contributed by atoms with Crippen LogP contribution >= 0.6 is 0 Å². The van der Waals surface area contributed by atoms with Gasteiger partial charge >= 0.3 is 6.01 Å². The van der Waals surface area contributed by atoms with E-state index in [-0.39, 0.29) is 12.6 Å². The van der Waals surface area contributed by atoms with Gasteiger partial charge < -0.3 is 24.8 Å². The van der Waals surface area contributed by atoms with E-state index < -0.39 is 6.10 Å². The lowest BCUT2D eigenvalue weighted by molar-refractivity contribution is 0.0693. The predicted octanol–water partition coefficient (Wildman–Crippen LogP) is -0.244. The van der Waals surface area contributed by atoms with Crippen molar-refractivity contribution in [2.45, 2.75) is 13.0 Å². The van der Waals surface area contributed by atoms with Crippen LogP contribution in [0.3, 0.4) is 0 Å². The van der Waals surface area contributed by atoms with Crippen molar-refractivity contribution in [1.29, 1.82) is 0 Å². The molecule has 0 radical (unpaired) electrons. The van der Waals surface area contributed by atoms with Crippen molar-refractivity contribution in [1.82, 2.24) is 15.0 Å². The second kappa shape index (κ2) is 7.70. The van der Waals surface area contributed by atoms with E-state index in [4.69, 9.17) is 9.47 Å². The van der Waals surface area contributed by atoms with Crippen LogP contribution in [0.15, 0.2) is 0 Å². The lowest BCUT2D eigenvalue weighted by Gasteiger charge is -2.20. The molecule has 8 nitrogen and oxygen atoms in total. The van der Waals surface area contributed by atoms with E-state index in [0.29, 0.717) is 25.0 Å². The van der Waals surface area contributed by atoms with E-state index in [1.807, 2.05) is 6.92 Å². The molecule has 0 saturated heterocycles. The largest absolute Gasteiger partial charge is 0.467 e. The lowest BCUT2D eigenvalue weighted by Crippen LogP contribution is -2.33. The SMILES string of the molecule is CCNc1nc(OC)nc(N(C)CC(O)COC)n1. The van der Waals surface area contributed by atoms with Gasteiger partial charge in [0.15, 0.2) is 0 Å². The van der Waals surface area contributed by atoms with Gasteiger partial charge in [-0.1, -0.05) is 0 Å². The number of nitrogens with zero attached hydrogens (tertiary/aromatic N) is 4. The van der Waals surface area contributed by atoms with Gasteiger partial charge in [-0.3, -0.25) is 0 Å². The second-order valence-corrected chi connectivity index (χ2v) is 3.97. The van der Waals surface area contributed by atoms with Crippen molar-refractivity contribution in [2.24, 2.45) is 0 Å². The fourth-order valence-electron chi connectivity index (χ4n) is 1.49. The van der Waals surface area contributed by atoms with Crippen molar-refractivity contribution in [3.8, 4) is 6.01 Å². The average Bonchev–Trinajstić information content (AvgIpc) is 2.38. The number of aliphatic hydroxyl groups excluding tert-OH is 1. The number of methoxy groups -OCH3 is 2. The Bertz CT molecular complexity index is 391. The molecule has 0 fully saturated rings. The van der Waals surface area contributed by atoms with Gasteiger partial charge in [0, 0.05) is 27.2 Å². The third-order valence-electron chi connectivity index (χ3n) is 2.31. The average molecular weight is 271 g/mol. The van der Waals surface area contributed by atoms with E-state index in [1.54, 1.807) is 19.1 Å². The number of hydrogen-bond acceptors (Lipinski definition) is 8. The molecule has 1 aromatic rings. The van der Waals surface area contributed by atoms with Crippen LogP contribution in [-0.4, -0.2) is 67.1 Å². The normalized spacial score (nSPS) is 12.1. The Morgan fingerprint density at radius 3 is 2.63 bits per heavy atom. The highest BCUT2D eigenvalue weighted by Crippen LogP contribution is 2.13. The molecule has 0 aliphatic heterocycles. The summed E-state index contributed by atoms with van der Waals surface area (Å²) in [7, 11) is 4.82. The highest BCUT2D eigenvalue weighted by atomic mass is 16.5. The highest BCUT2D eigenvalue weighted by Gasteiger charge is 2.14. The number of anilines is 2. The first-order valence-electron chi connectivity index (χ1n) is 6.02. The molecular formula is C11H21N5O3. The van der Waals surface area contributed by atoms with Crippen LogP contribution in [0.5, 0.6) is 6.01 Å². The number of nitrogens with one attached hydrogen (secondary N) is 1. The molecule has 2 N–H and O–H groups in total. The van der Waals surface area contributed by atoms with Crippen LogP contribution in [0.25, 0.3) is 0 Å². The van der Waals surface area contributed by atoms with Gasteiger partial charge in [0.2, 0.25) is 11.9 Å². The number of likely N-dealkylation sites (N-methyl/N-ethyl adjacent to an activating group) is 1. The molecule has 0 spiro atoms. The summed E-state index contributed by atoms with van der Waals surface area (Å²) >= 11 is 0. The molecule has 0 aliphatic carbocycles. The van der Waals surface area contributed by atoms with Crippen LogP contribution < -0.4 is 15.0 Å². The highest BCUT2D eigenvalue weighted by molar-refractivity contribution is 5.37. The van der Waals surface area contributed by atoms with E-state index in [9.17, 15) is 5.11 Å². The minimum absolute atomic E-state index is 0.231. The lowest BCUT2D eigenvalue weighted by atomic mass is 10.3. The Kier molecular flexibility index (Phi) is 6.23. The summed E-state index contributed by atoms with van der Waals surface area (Å²) in [5, 5.41) is 12.7. The van der Waals surface area contributed by atoms with Crippen LogP contribution in [0.2, 0.25) is 0 Å². The monoisotopic (exact) mass is 271 g/mol. The summed E-state index contributed by atoms with van der Waals surface area (Å²) in [5.41, 5.74) is 0. The Morgan fingerprint density at radius 1 is 1.32 bits per heavy atom. The minimum atomic E-state index is -0.611. The van der Waals surface area contributed by atoms with Crippen LogP contribution in [0, 0.1) is 0 Å². The molecule has 0 saturated carbocycles. The molecule has 19 heavy (non-hydrogen) atoms. The number of aromatic nitrogens is 3. The fraction of sp³-hybridized carbons (Fsp3) is 0.727. The summed E-state index contributed by atoms with van der Waals surface area (Å²) in [6, 6.07) is 0.231. The molecule has 1 unspecified atom stereocenters. The van der Waals surface area contributed by atoms with Crippen molar-refractivity contribution in [2.75, 3.05) is 51.2 Å². The zero-order valence-electron chi connectivity index (χ0n) is 11.8. The first-order valence-corrected chi connectivity index (χ1v) is 6.02. The fourth-order valence-corrected chi connectivity index (χ4v) is 1.49. The molecule has 0 aromatic carbocycles. The maximum atomic E-state index is 9.70. The van der Waals surface area contributed by atoms with Gasteiger partial charge in [0.05, 0.1) is 19.8 Å². The van der Waals surface area contributed by atoms with Crippen LogP contribution in [0.4, 0.5) is 11.9 Å². The quantitative estimate of drug-likeness (QED) is 0.669. The molecule has 0 aliphatic rings. The third-order valence-corrected chi connectivity index (χ3v) is 2.31. The molecular weight excluding hydrogens is 250 g/mol. The molecule has 0 bridgehead atoms. The van der Waals surface area contributed by atoms with Gasteiger partial charge in [0.1, 0.15) is 0 Å². The van der Waals surface area contributed by atoms with Crippen molar-refractivity contribution >= 4 is 11.9 Å². The minimum Gasteiger partial charge on any atom is -0.467 e. The Hall–Kier alpha value is -1.67. The molecule has 1 rings (SSSR count). The number of rotatable bonds is 8. The molecule has 1 atom stereocenters. The molecule has 0 amide bonds. The Labute approximate surface area is 112 Å². The standard InChI is InChI=1S/C11H21N5O3/c1-5-12-9-13-10(15-11(14-9)19-4)16(2)6-8(17)7-18-3/h8,17H,5-7H2,1-4H3,(H,12,13,14,15). The Morgan fingerprint density at radius 2 is 2.05 bits per heavy atom. The third kappa shape index (κ3) is 4.84. The zero-order valence-corrected chi connectivity index (χ0v) is 11.8. The molecule has 1 aromatic heterocycles. The van der Waals surface area contributed by atoms with Crippen molar-refractivity contribution in [3.63, 3.8) is 0 Å². The van der Waals surface area contributed by atoms with Gasteiger partial charge in [-0.2, -0.15) is 15.0 Å². The Balaban J connectivity index is 2.82. The van der Waals surface area contributed by atoms with Gasteiger partial charge in [-0.15, -0.1) is 0 Å². The van der Waals surface area contributed by atoms with Gasteiger partial charge in [-0.05, 0) is 6.92 Å². The molecule has 1 heterocycles. The number of aliphatic hydroxyl groups is 1. The first-order chi connectivity index (χ1) is 9.10. The number of ether oxygens (including phenoxy) is 2. The smallest absolute Gasteiger partial charge is 0.322 e. The van der Waals surface area contributed by atoms with Gasteiger partial charge in [0.25, 0.3) is 0 Å². The summed E-state index contributed by atoms with van der Waals surface area (Å²) < 4.78 is 9.91. The summed E-state index contributed by atoms with van der Waals surface area (Å²) in [5.74, 6) is 0.871. The second-order valence-electron chi connectivity index (χ2n) is 3.97. The van der Waals surface area contributed by atoms with Crippen LogP contribution in [-0.2, 0) is 4.74 Å². The van der Waals surface area contributed by atoms with E-state index in [0.717, 1.165) is 0 Å². The molecule has 108 valence electrons. The number of hydrogen-bond donors (Lipinski definition) is 2. The zero-order chi connectivity index (χ0) is 14.3. The molecule has 8 heteroatoms. The summed E-state index contributed by atoms with van der Waals surface area (Å²) in [4.78, 5) is 14.2. The maximum absolute atomic E-state index is 9.70. The van der Waals surface area contributed by atoms with Gasteiger partial charge in [-0.25, -0.2) is 0 Å².